The van der Waals surface area contributed by atoms with Gasteiger partial charge in [0.25, 0.3) is 0 Å². The molecule has 36 heavy (non-hydrogen) atoms. The summed E-state index contributed by atoms with van der Waals surface area (Å²) in [6, 6.07) is 26.8. The van der Waals surface area contributed by atoms with Gasteiger partial charge in [-0.15, -0.1) is 0 Å². The number of para-hydroxylation sites is 2. The number of aryl methyl sites for hydroxylation is 1. The van der Waals surface area contributed by atoms with Crippen molar-refractivity contribution >= 4 is 16.9 Å². The topological polar surface area (TPSA) is 46.9 Å². The highest BCUT2D eigenvalue weighted by Crippen LogP contribution is 2.20. The molecule has 0 atom stereocenters. The first-order valence-corrected chi connectivity index (χ1v) is 13.6. The molecule has 4 aromatic rings. The van der Waals surface area contributed by atoms with E-state index >= 15 is 0 Å². The Morgan fingerprint density at radius 1 is 0.750 bits per heavy atom. The van der Waals surface area contributed by atoms with Crippen LogP contribution in [0, 0.1) is 0 Å². The minimum Gasteiger partial charge on any atom is -0.349 e. The van der Waals surface area contributed by atoms with E-state index in [9.17, 15) is 4.79 Å². The summed E-state index contributed by atoms with van der Waals surface area (Å²) in [5.41, 5.74) is 5.51. The van der Waals surface area contributed by atoms with Gasteiger partial charge in [-0.2, -0.15) is 0 Å². The highest BCUT2D eigenvalue weighted by Gasteiger charge is 2.12. The normalized spacial score (nSPS) is 11.1. The van der Waals surface area contributed by atoms with Crippen molar-refractivity contribution in [1.82, 2.24) is 14.9 Å². The second kappa shape index (κ2) is 13.6. The fourth-order valence-corrected chi connectivity index (χ4v) is 4.78. The van der Waals surface area contributed by atoms with Crippen LogP contribution >= 0.6 is 0 Å². The Balaban J connectivity index is 1.30. The Kier molecular flexibility index (Phi) is 9.72. The van der Waals surface area contributed by atoms with Gasteiger partial charge in [0.05, 0.1) is 24.0 Å². The van der Waals surface area contributed by atoms with Gasteiger partial charge in [-0.25, -0.2) is 4.98 Å². The Morgan fingerprint density at radius 2 is 1.39 bits per heavy atom. The lowest BCUT2D eigenvalue weighted by Crippen LogP contribution is -2.26. The van der Waals surface area contributed by atoms with Crippen LogP contribution in [-0.2, 0) is 24.3 Å². The molecule has 1 amide bonds. The van der Waals surface area contributed by atoms with Crippen LogP contribution in [-0.4, -0.2) is 15.5 Å². The van der Waals surface area contributed by atoms with Crippen molar-refractivity contribution in [3.63, 3.8) is 0 Å². The number of nitrogens with zero attached hydrogens (tertiary/aromatic N) is 2. The van der Waals surface area contributed by atoms with Gasteiger partial charge in [0.15, 0.2) is 0 Å². The van der Waals surface area contributed by atoms with Crippen LogP contribution in [0.1, 0.15) is 69.7 Å². The molecule has 0 fully saturated rings. The van der Waals surface area contributed by atoms with Crippen LogP contribution in [0.4, 0.5) is 0 Å². The Bertz CT molecular complexity index is 1210. The number of benzene rings is 3. The standard InChI is InChI=1S/C32H39N3O/c1-2-3-4-5-6-7-8-14-23-35-30-18-13-12-17-29(30)34-31(35)25-33-32(36)24-26-19-21-28(22-20-26)27-15-10-9-11-16-27/h9-13,15-22H,2-8,14,23-25H2,1H3,(H,33,36). The maximum atomic E-state index is 12.7. The molecule has 4 heteroatoms. The predicted molar refractivity (Wildman–Crippen MR) is 150 cm³/mol. The van der Waals surface area contributed by atoms with Crippen LogP contribution < -0.4 is 5.32 Å². The summed E-state index contributed by atoms with van der Waals surface area (Å²) in [5, 5.41) is 3.10. The molecule has 1 aromatic heterocycles. The first kappa shape index (κ1) is 25.7. The summed E-state index contributed by atoms with van der Waals surface area (Å²) < 4.78 is 2.29. The quantitative estimate of drug-likeness (QED) is 0.188. The average molecular weight is 482 g/mol. The molecule has 0 radical (unpaired) electrons. The molecular weight excluding hydrogens is 442 g/mol. The SMILES string of the molecule is CCCCCCCCCCn1c(CNC(=O)Cc2ccc(-c3ccccc3)cc2)nc2ccccc21. The number of amides is 1. The second-order valence-corrected chi connectivity index (χ2v) is 9.66. The van der Waals surface area contributed by atoms with Crippen LogP contribution in [0.25, 0.3) is 22.2 Å². The third-order valence-electron chi connectivity index (χ3n) is 6.84. The molecule has 0 aliphatic carbocycles. The molecule has 0 spiro atoms. The van der Waals surface area contributed by atoms with E-state index in [1.807, 2.05) is 36.4 Å². The number of unbranched alkanes of at least 4 members (excludes halogenated alkanes) is 7. The molecule has 0 aliphatic heterocycles. The lowest BCUT2D eigenvalue weighted by molar-refractivity contribution is -0.120. The minimum atomic E-state index is 0.0214. The number of aromatic nitrogens is 2. The molecule has 0 bridgehead atoms. The predicted octanol–water partition coefficient (Wildman–Crippen LogP) is 7.70. The number of fused-ring (bicyclic) bond motifs is 1. The van der Waals surface area contributed by atoms with Crippen molar-refractivity contribution in [2.45, 2.75) is 77.8 Å². The summed E-state index contributed by atoms with van der Waals surface area (Å²) in [6.45, 7) is 3.66. The number of imidazole rings is 1. The number of nitrogens with one attached hydrogen (secondary N) is 1. The van der Waals surface area contributed by atoms with Crippen LogP contribution in [0.3, 0.4) is 0 Å². The van der Waals surface area contributed by atoms with Crippen molar-refractivity contribution in [3.8, 4) is 11.1 Å². The largest absolute Gasteiger partial charge is 0.349 e. The molecule has 4 nitrogen and oxygen atoms in total. The smallest absolute Gasteiger partial charge is 0.224 e. The maximum Gasteiger partial charge on any atom is 0.224 e. The average Bonchev–Trinajstić information content (AvgIpc) is 3.27. The molecular formula is C32H39N3O. The summed E-state index contributed by atoms with van der Waals surface area (Å²) >= 11 is 0. The van der Waals surface area contributed by atoms with Crippen LogP contribution in [0.2, 0.25) is 0 Å². The number of carbonyl (C=O) groups excluding carboxylic acids is 1. The third kappa shape index (κ3) is 7.30. The molecule has 1 heterocycles. The molecule has 3 aromatic carbocycles. The van der Waals surface area contributed by atoms with E-state index in [1.54, 1.807) is 0 Å². The molecule has 0 saturated heterocycles. The van der Waals surface area contributed by atoms with Crippen molar-refractivity contribution in [2.24, 2.45) is 0 Å². The highest BCUT2D eigenvalue weighted by atomic mass is 16.1. The van der Waals surface area contributed by atoms with E-state index in [0.717, 1.165) is 41.0 Å². The summed E-state index contributed by atoms with van der Waals surface area (Å²) in [7, 11) is 0. The summed E-state index contributed by atoms with van der Waals surface area (Å²) in [5.74, 6) is 0.958. The van der Waals surface area contributed by atoms with Gasteiger partial charge in [-0.3, -0.25) is 4.79 Å². The molecule has 4 rings (SSSR count). The Morgan fingerprint density at radius 3 is 2.14 bits per heavy atom. The first-order chi connectivity index (χ1) is 17.7. The van der Waals surface area contributed by atoms with Crippen molar-refractivity contribution in [3.05, 3.63) is 90.3 Å². The Hall–Kier alpha value is -3.40. The van der Waals surface area contributed by atoms with Gasteiger partial charge in [-0.1, -0.05) is 119 Å². The van der Waals surface area contributed by atoms with E-state index in [1.165, 1.54) is 50.5 Å². The zero-order chi connectivity index (χ0) is 25.0. The maximum absolute atomic E-state index is 12.7. The zero-order valence-electron chi connectivity index (χ0n) is 21.6. The highest BCUT2D eigenvalue weighted by molar-refractivity contribution is 5.79. The lowest BCUT2D eigenvalue weighted by Gasteiger charge is -2.11. The third-order valence-corrected chi connectivity index (χ3v) is 6.84. The van der Waals surface area contributed by atoms with Gasteiger partial charge in [0.2, 0.25) is 5.91 Å². The fraction of sp³-hybridized carbons (Fsp3) is 0.375. The summed E-state index contributed by atoms with van der Waals surface area (Å²) in [4.78, 5) is 17.6. The van der Waals surface area contributed by atoms with E-state index in [0.29, 0.717) is 13.0 Å². The molecule has 0 saturated carbocycles. The van der Waals surface area contributed by atoms with E-state index in [-0.39, 0.29) is 5.91 Å². The van der Waals surface area contributed by atoms with Gasteiger partial charge in [0, 0.05) is 6.54 Å². The van der Waals surface area contributed by atoms with Gasteiger partial charge >= 0.3 is 0 Å². The fourth-order valence-electron chi connectivity index (χ4n) is 4.78. The number of hydrogen-bond donors (Lipinski definition) is 1. The molecule has 188 valence electrons. The summed E-state index contributed by atoms with van der Waals surface area (Å²) in [6.07, 6.45) is 10.8. The van der Waals surface area contributed by atoms with Gasteiger partial charge in [-0.05, 0) is 35.2 Å². The van der Waals surface area contributed by atoms with Crippen molar-refractivity contribution in [2.75, 3.05) is 0 Å². The van der Waals surface area contributed by atoms with Crippen LogP contribution in [0.15, 0.2) is 78.9 Å². The molecule has 0 aliphatic rings. The van der Waals surface area contributed by atoms with E-state index in [4.69, 9.17) is 4.98 Å². The molecule has 0 unspecified atom stereocenters. The van der Waals surface area contributed by atoms with Gasteiger partial charge in [0.1, 0.15) is 5.82 Å². The first-order valence-electron chi connectivity index (χ1n) is 13.6. The molecule has 1 N–H and O–H groups in total. The monoisotopic (exact) mass is 481 g/mol. The zero-order valence-corrected chi connectivity index (χ0v) is 21.6. The number of hydrogen-bond acceptors (Lipinski definition) is 2. The second-order valence-electron chi connectivity index (χ2n) is 9.66. The van der Waals surface area contributed by atoms with Crippen molar-refractivity contribution < 1.29 is 4.79 Å². The lowest BCUT2D eigenvalue weighted by atomic mass is 10.0. The van der Waals surface area contributed by atoms with Crippen molar-refractivity contribution in [1.29, 1.82) is 0 Å². The Labute approximate surface area is 215 Å². The van der Waals surface area contributed by atoms with Crippen LogP contribution in [0.5, 0.6) is 0 Å². The number of carbonyl (C=O) groups is 1. The van der Waals surface area contributed by atoms with E-state index in [2.05, 4.69) is 59.3 Å². The van der Waals surface area contributed by atoms with Gasteiger partial charge < -0.3 is 9.88 Å². The van der Waals surface area contributed by atoms with E-state index < -0.39 is 0 Å². The number of rotatable bonds is 14. The minimum absolute atomic E-state index is 0.0214.